The second-order valence-corrected chi connectivity index (χ2v) is 8.30. The van der Waals surface area contributed by atoms with Gasteiger partial charge in [-0.2, -0.15) is 0 Å². The van der Waals surface area contributed by atoms with Gasteiger partial charge in [0.25, 0.3) is 0 Å². The summed E-state index contributed by atoms with van der Waals surface area (Å²) in [6.45, 7) is 5.10. The monoisotopic (exact) mass is 340 g/mol. The first kappa shape index (κ1) is 16.5. The van der Waals surface area contributed by atoms with E-state index in [0.717, 1.165) is 23.5 Å². The van der Waals surface area contributed by atoms with Crippen molar-refractivity contribution >= 4 is 10.0 Å². The highest BCUT2D eigenvalue weighted by atomic mass is 32.2. The number of ether oxygens (including phenoxy) is 2. The molecule has 1 aromatic carbocycles. The highest BCUT2D eigenvalue weighted by Gasteiger charge is 2.30. The van der Waals surface area contributed by atoms with E-state index in [9.17, 15) is 8.42 Å². The molecule has 0 aromatic heterocycles. The lowest BCUT2D eigenvalue weighted by atomic mass is 9.95. The Morgan fingerprint density at radius 1 is 1.30 bits per heavy atom. The highest BCUT2D eigenvalue weighted by molar-refractivity contribution is 7.88. The van der Waals surface area contributed by atoms with Crippen LogP contribution in [0.15, 0.2) is 18.2 Å². The fraction of sp³-hybridized carbons (Fsp3) is 0.625. The van der Waals surface area contributed by atoms with Crippen LogP contribution in [0.2, 0.25) is 0 Å². The minimum atomic E-state index is -3.09. The van der Waals surface area contributed by atoms with Crippen molar-refractivity contribution in [2.24, 2.45) is 5.92 Å². The van der Waals surface area contributed by atoms with Gasteiger partial charge in [0.1, 0.15) is 13.2 Å². The predicted molar refractivity (Wildman–Crippen MR) is 88.3 cm³/mol. The minimum absolute atomic E-state index is 0.273. The summed E-state index contributed by atoms with van der Waals surface area (Å²) in [5.41, 5.74) is 1.08. The Hall–Kier alpha value is -1.31. The number of benzene rings is 1. The average molecular weight is 340 g/mol. The van der Waals surface area contributed by atoms with Gasteiger partial charge < -0.3 is 14.8 Å². The molecule has 23 heavy (non-hydrogen) atoms. The van der Waals surface area contributed by atoms with E-state index in [2.05, 4.69) is 12.2 Å². The summed E-state index contributed by atoms with van der Waals surface area (Å²) in [5.74, 6) is 1.90. The summed E-state index contributed by atoms with van der Waals surface area (Å²) in [7, 11) is -3.09. The van der Waals surface area contributed by atoms with Crippen molar-refractivity contribution in [3.05, 3.63) is 23.8 Å². The molecule has 2 aliphatic rings. The lowest BCUT2D eigenvalue weighted by molar-refractivity contribution is 0.168. The molecule has 0 amide bonds. The van der Waals surface area contributed by atoms with Crippen molar-refractivity contribution in [3.63, 3.8) is 0 Å². The van der Waals surface area contributed by atoms with Crippen LogP contribution in [0.3, 0.4) is 0 Å². The van der Waals surface area contributed by atoms with Crippen molar-refractivity contribution in [2.75, 3.05) is 32.6 Å². The Bertz CT molecular complexity index is 662. The van der Waals surface area contributed by atoms with Crippen LogP contribution in [0.5, 0.6) is 11.5 Å². The SMILES string of the molecule is CC1CN(S(C)(=O)=O)CCC1NCc1cccc2c1OCCO2. The minimum Gasteiger partial charge on any atom is -0.486 e. The van der Waals surface area contributed by atoms with Gasteiger partial charge in [-0.15, -0.1) is 0 Å². The van der Waals surface area contributed by atoms with Gasteiger partial charge in [-0.3, -0.25) is 0 Å². The Morgan fingerprint density at radius 3 is 2.83 bits per heavy atom. The van der Waals surface area contributed by atoms with Crippen LogP contribution in [0, 0.1) is 5.92 Å². The Balaban J connectivity index is 1.61. The second-order valence-electron chi connectivity index (χ2n) is 6.32. The van der Waals surface area contributed by atoms with Crippen LogP contribution in [0.25, 0.3) is 0 Å². The van der Waals surface area contributed by atoms with Crippen LogP contribution in [-0.2, 0) is 16.6 Å². The number of para-hydroxylation sites is 1. The molecule has 1 fully saturated rings. The first-order valence-electron chi connectivity index (χ1n) is 8.01. The van der Waals surface area contributed by atoms with E-state index in [4.69, 9.17) is 9.47 Å². The molecule has 2 unspecified atom stereocenters. The van der Waals surface area contributed by atoms with Crippen LogP contribution in [0.4, 0.5) is 0 Å². The molecule has 0 bridgehead atoms. The molecule has 3 rings (SSSR count). The summed E-state index contributed by atoms with van der Waals surface area (Å²) >= 11 is 0. The predicted octanol–water partition coefficient (Wildman–Crippen LogP) is 1.22. The Labute approximate surface area is 137 Å². The van der Waals surface area contributed by atoms with Gasteiger partial charge in [-0.25, -0.2) is 12.7 Å². The van der Waals surface area contributed by atoms with Crippen LogP contribution < -0.4 is 14.8 Å². The van der Waals surface area contributed by atoms with Crippen LogP contribution >= 0.6 is 0 Å². The van der Waals surface area contributed by atoms with Gasteiger partial charge >= 0.3 is 0 Å². The number of nitrogens with zero attached hydrogens (tertiary/aromatic N) is 1. The van der Waals surface area contributed by atoms with E-state index < -0.39 is 10.0 Å². The maximum Gasteiger partial charge on any atom is 0.211 e. The normalized spacial score (nSPS) is 25.3. The maximum absolute atomic E-state index is 11.7. The molecule has 0 spiro atoms. The molecular weight excluding hydrogens is 316 g/mol. The summed E-state index contributed by atoms with van der Waals surface area (Å²) in [6.07, 6.45) is 2.10. The first-order chi connectivity index (χ1) is 10.9. The quantitative estimate of drug-likeness (QED) is 0.892. The summed E-state index contributed by atoms with van der Waals surface area (Å²) < 4.78 is 36.2. The van der Waals surface area contributed by atoms with Crippen molar-refractivity contribution in [1.82, 2.24) is 9.62 Å². The Kier molecular flexibility index (Phi) is 4.79. The smallest absolute Gasteiger partial charge is 0.211 e. The molecule has 1 aromatic rings. The zero-order chi connectivity index (χ0) is 16.4. The molecule has 1 saturated heterocycles. The number of rotatable bonds is 4. The van der Waals surface area contributed by atoms with Gasteiger partial charge in [0.15, 0.2) is 11.5 Å². The molecule has 0 aliphatic carbocycles. The lowest BCUT2D eigenvalue weighted by Gasteiger charge is -2.36. The second kappa shape index (κ2) is 6.67. The molecule has 2 aliphatic heterocycles. The van der Waals surface area contributed by atoms with E-state index in [-0.39, 0.29) is 5.92 Å². The molecule has 1 N–H and O–H groups in total. The van der Waals surface area contributed by atoms with Gasteiger partial charge in [0.2, 0.25) is 10.0 Å². The highest BCUT2D eigenvalue weighted by Crippen LogP contribution is 2.33. The molecule has 2 atom stereocenters. The molecule has 0 radical (unpaired) electrons. The van der Waals surface area contributed by atoms with Gasteiger partial charge in [-0.1, -0.05) is 19.1 Å². The largest absolute Gasteiger partial charge is 0.486 e. The van der Waals surface area contributed by atoms with Gasteiger partial charge in [0, 0.05) is 31.2 Å². The van der Waals surface area contributed by atoms with Crippen LogP contribution in [0.1, 0.15) is 18.9 Å². The average Bonchev–Trinajstić information content (AvgIpc) is 2.53. The van der Waals surface area contributed by atoms with Gasteiger partial charge in [-0.05, 0) is 18.4 Å². The number of fused-ring (bicyclic) bond motifs is 1. The third-order valence-electron chi connectivity index (χ3n) is 4.54. The van der Waals surface area contributed by atoms with Crippen LogP contribution in [-0.4, -0.2) is 51.3 Å². The zero-order valence-corrected chi connectivity index (χ0v) is 14.4. The summed E-state index contributed by atoms with van der Waals surface area (Å²) in [6, 6.07) is 6.23. The van der Waals surface area contributed by atoms with Crippen molar-refractivity contribution in [3.8, 4) is 11.5 Å². The Morgan fingerprint density at radius 2 is 2.09 bits per heavy atom. The van der Waals surface area contributed by atoms with Crippen molar-refractivity contribution in [1.29, 1.82) is 0 Å². The number of sulfonamides is 1. The molecule has 2 heterocycles. The van der Waals surface area contributed by atoms with E-state index >= 15 is 0 Å². The third-order valence-corrected chi connectivity index (χ3v) is 5.81. The molecule has 0 saturated carbocycles. The van der Waals surface area contributed by atoms with E-state index in [1.165, 1.54) is 6.26 Å². The third kappa shape index (κ3) is 3.79. The molecule has 6 nitrogen and oxygen atoms in total. The number of hydrogen-bond acceptors (Lipinski definition) is 5. The zero-order valence-electron chi connectivity index (χ0n) is 13.6. The summed E-state index contributed by atoms with van der Waals surface area (Å²) in [5, 5.41) is 3.55. The van der Waals surface area contributed by atoms with E-state index in [0.29, 0.717) is 38.9 Å². The van der Waals surface area contributed by atoms with Gasteiger partial charge in [0.05, 0.1) is 6.26 Å². The topological polar surface area (TPSA) is 67.9 Å². The van der Waals surface area contributed by atoms with E-state index in [1.807, 2.05) is 18.2 Å². The number of hydrogen-bond donors (Lipinski definition) is 1. The van der Waals surface area contributed by atoms with Crippen molar-refractivity contribution in [2.45, 2.75) is 25.9 Å². The molecular formula is C16H24N2O4S. The van der Waals surface area contributed by atoms with E-state index in [1.54, 1.807) is 4.31 Å². The molecule has 7 heteroatoms. The molecule has 128 valence electrons. The maximum atomic E-state index is 11.7. The standard InChI is InChI=1S/C16H24N2O4S/c1-12-11-18(23(2,19)20)7-6-14(12)17-10-13-4-3-5-15-16(13)22-9-8-21-15/h3-5,12,14,17H,6-11H2,1-2H3. The summed E-state index contributed by atoms with van der Waals surface area (Å²) in [4.78, 5) is 0. The number of piperidine rings is 1. The lowest BCUT2D eigenvalue weighted by Crippen LogP contribution is -2.49. The number of nitrogens with one attached hydrogen (secondary N) is 1. The first-order valence-corrected chi connectivity index (χ1v) is 9.86. The fourth-order valence-corrected chi connectivity index (χ4v) is 4.17. The van der Waals surface area contributed by atoms with Crippen molar-refractivity contribution < 1.29 is 17.9 Å². The fourth-order valence-electron chi connectivity index (χ4n) is 3.23.